The summed E-state index contributed by atoms with van der Waals surface area (Å²) in [5, 5.41) is 30.9. The molecule has 0 unspecified atom stereocenters. The number of ether oxygens (including phenoxy) is 1. The van der Waals surface area contributed by atoms with E-state index in [9.17, 15) is 18.3 Å². The van der Waals surface area contributed by atoms with Crippen molar-refractivity contribution in [1.29, 1.82) is 0 Å². The molecule has 172 valence electrons. The van der Waals surface area contributed by atoms with E-state index in [4.69, 9.17) is 20.5 Å². The van der Waals surface area contributed by atoms with E-state index >= 15 is 0 Å². The normalized spacial score (nSPS) is 29.3. The number of nitrogens with zero attached hydrogens (tertiary/aromatic N) is 2. The third kappa shape index (κ3) is 5.15. The molecule has 6 N–H and O–H groups in total. The number of nitrogens with two attached hydrogens (primary N) is 1. The van der Waals surface area contributed by atoms with Crippen LogP contribution in [0, 0.1) is 11.8 Å². The molecule has 0 bridgehead atoms. The lowest BCUT2D eigenvalue weighted by Crippen LogP contribution is -2.62. The molecule has 13 heteroatoms. The third-order valence-corrected chi connectivity index (χ3v) is 8.54. The lowest BCUT2D eigenvalue weighted by Gasteiger charge is -2.41. The minimum absolute atomic E-state index is 0.0110. The van der Waals surface area contributed by atoms with Crippen LogP contribution in [-0.2, 0) is 19.7 Å². The zero-order valence-corrected chi connectivity index (χ0v) is 18.0. The van der Waals surface area contributed by atoms with Crippen molar-refractivity contribution in [3.63, 3.8) is 0 Å². The van der Waals surface area contributed by atoms with E-state index in [0.29, 0.717) is 45.7 Å². The summed E-state index contributed by atoms with van der Waals surface area (Å²) in [5.74, 6) is -1.63. The lowest BCUT2D eigenvalue weighted by molar-refractivity contribution is -0.144. The molecule has 0 saturated carbocycles. The molecule has 2 atom stereocenters. The predicted molar refractivity (Wildman–Crippen MR) is 110 cm³/mol. The molecule has 3 aliphatic heterocycles. The van der Waals surface area contributed by atoms with Gasteiger partial charge in [-0.3, -0.25) is 4.79 Å². The van der Waals surface area contributed by atoms with Gasteiger partial charge in [0.25, 0.3) is 10.2 Å². The van der Waals surface area contributed by atoms with Crippen LogP contribution in [0.15, 0.2) is 0 Å². The van der Waals surface area contributed by atoms with E-state index in [1.54, 1.807) is 0 Å². The molecule has 3 aliphatic rings. The maximum absolute atomic E-state index is 13.5. The van der Waals surface area contributed by atoms with E-state index in [0.717, 1.165) is 12.8 Å². The van der Waals surface area contributed by atoms with Crippen molar-refractivity contribution in [2.45, 2.75) is 43.6 Å². The fraction of sp³-hybridized carbons (Fsp3) is 0.941. The van der Waals surface area contributed by atoms with Crippen LogP contribution in [0.3, 0.4) is 0 Å². The van der Waals surface area contributed by atoms with Gasteiger partial charge in [0.15, 0.2) is 0 Å². The highest BCUT2D eigenvalue weighted by Gasteiger charge is 2.54. The van der Waals surface area contributed by atoms with Crippen LogP contribution < -0.4 is 11.1 Å². The Kier molecular flexibility index (Phi) is 7.78. The topological polar surface area (TPSA) is 166 Å². The largest absolute Gasteiger partial charge is 0.480 e. The van der Waals surface area contributed by atoms with Crippen LogP contribution in [0.25, 0.3) is 0 Å². The van der Waals surface area contributed by atoms with Crippen molar-refractivity contribution in [3.05, 3.63) is 0 Å². The zero-order chi connectivity index (χ0) is 21.9. The lowest BCUT2D eigenvalue weighted by atomic mass is 9.78. The molecule has 0 aromatic carbocycles. The first kappa shape index (κ1) is 23.9. The summed E-state index contributed by atoms with van der Waals surface area (Å²) in [7, 11) is -5.38. The molecule has 30 heavy (non-hydrogen) atoms. The van der Waals surface area contributed by atoms with Gasteiger partial charge in [0.1, 0.15) is 5.54 Å². The summed E-state index contributed by atoms with van der Waals surface area (Å²) < 4.78 is 35.2. The smallest absolute Gasteiger partial charge is 0.451 e. The summed E-state index contributed by atoms with van der Waals surface area (Å²) in [6.07, 6.45) is 2.34. The van der Waals surface area contributed by atoms with Crippen LogP contribution in [-0.4, -0.2) is 103 Å². The average molecular weight is 448 g/mol. The summed E-state index contributed by atoms with van der Waals surface area (Å²) in [4.78, 5) is 11.9. The Bertz CT molecular complexity index is 702. The zero-order valence-electron chi connectivity index (χ0n) is 17.1. The number of carboxylic acids is 1. The standard InChI is InChI=1S/C17H33BN4O7S/c19-17(16(23)24)12-21(11-14(17)2-1-5-18(25)26)30(27,28)22(15-8-20-9-15)10-13-3-6-29-7-4-13/h13-15,20,25-26H,1-12,19H2,(H,23,24)/t14-,17-/m0/s1. The maximum Gasteiger partial charge on any atom is 0.451 e. The van der Waals surface area contributed by atoms with Gasteiger partial charge in [-0.1, -0.05) is 6.42 Å². The molecular weight excluding hydrogens is 415 g/mol. The van der Waals surface area contributed by atoms with Crippen molar-refractivity contribution in [3.8, 4) is 0 Å². The van der Waals surface area contributed by atoms with Crippen molar-refractivity contribution < 1.29 is 33.1 Å². The molecule has 0 spiro atoms. The Morgan fingerprint density at radius 2 is 1.97 bits per heavy atom. The minimum Gasteiger partial charge on any atom is -0.480 e. The van der Waals surface area contributed by atoms with E-state index in [2.05, 4.69) is 5.32 Å². The van der Waals surface area contributed by atoms with Crippen molar-refractivity contribution in [2.75, 3.05) is 45.9 Å². The summed E-state index contributed by atoms with van der Waals surface area (Å²) >= 11 is 0. The molecule has 11 nitrogen and oxygen atoms in total. The van der Waals surface area contributed by atoms with E-state index < -0.39 is 34.8 Å². The number of aliphatic carboxylic acids is 1. The minimum atomic E-state index is -3.90. The molecular formula is C17H33BN4O7S. The van der Waals surface area contributed by atoms with Gasteiger partial charge in [0.05, 0.1) is 6.04 Å². The van der Waals surface area contributed by atoms with Gasteiger partial charge in [-0.15, -0.1) is 0 Å². The van der Waals surface area contributed by atoms with Crippen molar-refractivity contribution >= 4 is 23.3 Å². The first-order valence-electron chi connectivity index (χ1n) is 10.6. The van der Waals surface area contributed by atoms with Crippen molar-refractivity contribution in [1.82, 2.24) is 13.9 Å². The number of nitrogens with one attached hydrogen (secondary N) is 1. The predicted octanol–water partition coefficient (Wildman–Crippen LogP) is -2.10. The highest BCUT2D eigenvalue weighted by molar-refractivity contribution is 7.86. The second kappa shape index (κ2) is 9.78. The van der Waals surface area contributed by atoms with Crippen LogP contribution in [0.5, 0.6) is 0 Å². The number of carboxylic acid groups (broad SMARTS) is 1. The van der Waals surface area contributed by atoms with Gasteiger partial charge in [-0.2, -0.15) is 17.0 Å². The highest BCUT2D eigenvalue weighted by Crippen LogP contribution is 2.34. The van der Waals surface area contributed by atoms with Gasteiger partial charge in [0, 0.05) is 51.9 Å². The second-order valence-corrected chi connectivity index (χ2v) is 10.6. The summed E-state index contributed by atoms with van der Waals surface area (Å²) in [6.45, 7) is 2.49. The third-order valence-electron chi connectivity index (χ3n) is 6.57. The Morgan fingerprint density at radius 3 is 2.50 bits per heavy atom. The fourth-order valence-corrected chi connectivity index (χ4v) is 6.42. The molecule has 0 aliphatic carbocycles. The average Bonchev–Trinajstić information content (AvgIpc) is 2.99. The summed E-state index contributed by atoms with van der Waals surface area (Å²) in [6, 6.07) is -0.154. The first-order chi connectivity index (χ1) is 14.1. The van der Waals surface area contributed by atoms with Gasteiger partial charge in [-0.05, 0) is 31.5 Å². The monoisotopic (exact) mass is 448 g/mol. The van der Waals surface area contributed by atoms with E-state index in [1.807, 2.05) is 0 Å². The summed E-state index contributed by atoms with van der Waals surface area (Å²) in [5.41, 5.74) is 4.48. The van der Waals surface area contributed by atoms with Crippen LogP contribution in [0.2, 0.25) is 6.32 Å². The quantitative estimate of drug-likeness (QED) is 0.235. The molecule has 0 aromatic heterocycles. The van der Waals surface area contributed by atoms with E-state index in [-0.39, 0.29) is 31.4 Å². The number of hydrogen-bond donors (Lipinski definition) is 5. The van der Waals surface area contributed by atoms with Crippen LogP contribution in [0.4, 0.5) is 0 Å². The first-order valence-corrected chi connectivity index (χ1v) is 12.0. The number of rotatable bonds is 10. The molecule has 3 heterocycles. The van der Waals surface area contributed by atoms with Gasteiger partial charge >= 0.3 is 13.1 Å². The van der Waals surface area contributed by atoms with Gasteiger partial charge in [0.2, 0.25) is 0 Å². The second-order valence-electron chi connectivity index (χ2n) is 8.69. The highest BCUT2D eigenvalue weighted by atomic mass is 32.2. The molecule has 0 aromatic rings. The van der Waals surface area contributed by atoms with E-state index in [1.165, 1.54) is 8.61 Å². The maximum atomic E-state index is 13.5. The molecule has 3 saturated heterocycles. The number of hydrogen-bond acceptors (Lipinski definition) is 8. The Labute approximate surface area is 177 Å². The van der Waals surface area contributed by atoms with Crippen LogP contribution in [0.1, 0.15) is 25.7 Å². The van der Waals surface area contributed by atoms with Crippen LogP contribution >= 0.6 is 0 Å². The van der Waals surface area contributed by atoms with Gasteiger partial charge < -0.3 is 30.9 Å². The molecule has 3 fully saturated rings. The Morgan fingerprint density at radius 1 is 1.30 bits per heavy atom. The fourth-order valence-electron chi connectivity index (χ4n) is 4.45. The van der Waals surface area contributed by atoms with Gasteiger partial charge in [-0.25, -0.2) is 0 Å². The Hall–Kier alpha value is -0.795. The molecule has 0 amide bonds. The molecule has 3 rings (SSSR count). The van der Waals surface area contributed by atoms with Crippen molar-refractivity contribution in [2.24, 2.45) is 17.6 Å². The SMILES string of the molecule is N[C@@]1(C(=O)O)CN(S(=O)(=O)N(CC2CCOCC2)C2CNC2)C[C@@H]1CCCB(O)O. The Balaban J connectivity index is 1.75. The number of carbonyl (C=O) groups is 1. The molecule has 0 radical (unpaired) electrons.